The Balaban J connectivity index is 1.38. The van der Waals surface area contributed by atoms with Crippen molar-refractivity contribution >= 4 is 20.2 Å². The molecule has 2 unspecified atom stereocenters. The van der Waals surface area contributed by atoms with Gasteiger partial charge in [-0.25, -0.2) is 0 Å². The average Bonchev–Trinajstić information content (AvgIpc) is 3.64. The van der Waals surface area contributed by atoms with Gasteiger partial charge in [0.1, 0.15) is 0 Å². The van der Waals surface area contributed by atoms with Crippen molar-refractivity contribution in [2.45, 2.75) is 101 Å². The van der Waals surface area contributed by atoms with Crippen LogP contribution >= 0.6 is 0 Å². The van der Waals surface area contributed by atoms with E-state index in [2.05, 4.69) is 161 Å². The normalized spacial score (nSPS) is 22.6. The van der Waals surface area contributed by atoms with Crippen molar-refractivity contribution in [2.24, 2.45) is 0 Å². The van der Waals surface area contributed by atoms with Crippen LogP contribution in [0.1, 0.15) is 102 Å². The number of allylic oxidation sites excluding steroid dienone is 2. The van der Waals surface area contributed by atoms with Crippen LogP contribution in [0, 0.1) is 0 Å². The topological polar surface area (TPSA) is 0 Å². The van der Waals surface area contributed by atoms with Gasteiger partial charge in [0.2, 0.25) is 0 Å². The Labute approximate surface area is 290 Å². The summed E-state index contributed by atoms with van der Waals surface area (Å²) in [5.74, 6) is 0. The predicted octanol–water partition coefficient (Wildman–Crippen LogP) is 13.4. The van der Waals surface area contributed by atoms with Crippen molar-refractivity contribution in [3.8, 4) is 22.3 Å². The van der Waals surface area contributed by atoms with Gasteiger partial charge in [0, 0.05) is 0 Å². The minimum absolute atomic E-state index is 0.164. The van der Waals surface area contributed by atoms with Crippen LogP contribution in [-0.2, 0) is 30.8 Å². The van der Waals surface area contributed by atoms with Crippen LogP contribution in [0.3, 0.4) is 0 Å². The van der Waals surface area contributed by atoms with Gasteiger partial charge in [0.05, 0.1) is 0 Å². The summed E-state index contributed by atoms with van der Waals surface area (Å²) in [5.41, 5.74) is 15.1. The van der Waals surface area contributed by atoms with E-state index in [9.17, 15) is 0 Å². The molecule has 4 aromatic rings. The van der Waals surface area contributed by atoms with Crippen molar-refractivity contribution in [1.82, 2.24) is 0 Å². The monoisotopic (exact) mass is 802 g/mol. The fraction of sp³-hybridized carbons (Fsp3) is 0.378. The van der Waals surface area contributed by atoms with Gasteiger partial charge in [-0.05, 0) is 0 Å². The van der Waals surface area contributed by atoms with Crippen molar-refractivity contribution in [3.05, 3.63) is 129 Å². The van der Waals surface area contributed by atoms with E-state index in [1.807, 2.05) is 10.4 Å². The standard InChI is InChI=1S/C43H48Si.2CH3.Hf/c1-9-10-25-44(8,36-26-32-13-11-15-38(40(32)28-36)30-17-21-34(22-18-30)42(2,3)4)37-27-33-14-12-16-39(41(33)29-37)31-19-23-35(24-20-31)43(5,6)7;;;/h11-24,26-29H,9-10,25H2,1-8H3;2*1H3;. The fourth-order valence-corrected chi connectivity index (χ4v) is 41.9. The molecule has 4 aromatic carbocycles. The van der Waals surface area contributed by atoms with Crippen molar-refractivity contribution in [2.75, 3.05) is 0 Å². The quantitative estimate of drug-likeness (QED) is 0.176. The third-order valence-electron chi connectivity index (χ3n) is 12.0. The van der Waals surface area contributed by atoms with E-state index >= 15 is 0 Å². The summed E-state index contributed by atoms with van der Waals surface area (Å²) in [6.45, 7) is 19.0. The second kappa shape index (κ2) is 11.5. The molecular formula is C45H54HfSi. The summed E-state index contributed by atoms with van der Waals surface area (Å²) in [4.78, 5) is 0. The van der Waals surface area contributed by atoms with Gasteiger partial charge < -0.3 is 0 Å². The SMILES string of the molecule is CCCC[Si]1(C)C2=Cc3c(-c4ccc(C(C)(C)C)cc4)cccc3[CH]2[Hf]([CH3])([CH3])[CH]2C1=Cc1c(-c3ccc(C(C)(C)C)cc3)cccc12. The molecule has 1 fully saturated rings. The Hall–Kier alpha value is -2.55. The van der Waals surface area contributed by atoms with E-state index in [0.29, 0.717) is 7.35 Å². The molecule has 0 saturated carbocycles. The van der Waals surface area contributed by atoms with E-state index < -0.39 is 28.0 Å². The molecule has 1 aliphatic heterocycles. The van der Waals surface area contributed by atoms with E-state index in [1.165, 1.54) is 63.4 Å². The van der Waals surface area contributed by atoms with Crippen LogP contribution in [0.4, 0.5) is 0 Å². The molecule has 1 saturated heterocycles. The van der Waals surface area contributed by atoms with Gasteiger partial charge in [-0.3, -0.25) is 0 Å². The molecule has 7 rings (SSSR count). The molecule has 1 heterocycles. The average molecular weight is 802 g/mol. The molecule has 242 valence electrons. The molecule has 0 spiro atoms. The zero-order chi connectivity index (χ0) is 33.5. The maximum absolute atomic E-state index is 3.08. The minimum atomic E-state index is -3.08. The van der Waals surface area contributed by atoms with Gasteiger partial charge in [-0.15, -0.1) is 0 Å². The molecule has 2 heteroatoms. The van der Waals surface area contributed by atoms with Crippen LogP contribution in [0.15, 0.2) is 95.3 Å². The molecule has 0 radical (unpaired) electrons. The number of hydrogen-bond acceptors (Lipinski definition) is 0. The summed E-state index contributed by atoms with van der Waals surface area (Å²) in [5, 5.41) is 3.75. The fourth-order valence-electron chi connectivity index (χ4n) is 9.32. The van der Waals surface area contributed by atoms with E-state index in [4.69, 9.17) is 0 Å². The Morgan fingerprint density at radius 2 is 1.00 bits per heavy atom. The molecule has 0 aromatic heterocycles. The number of hydrogen-bond donors (Lipinski definition) is 0. The van der Waals surface area contributed by atoms with Crippen LogP contribution < -0.4 is 0 Å². The summed E-state index contributed by atoms with van der Waals surface area (Å²) in [7, 11) is -1.94. The summed E-state index contributed by atoms with van der Waals surface area (Å²) >= 11 is -3.08. The van der Waals surface area contributed by atoms with E-state index in [-0.39, 0.29) is 10.8 Å². The number of rotatable bonds is 5. The maximum atomic E-state index is 2.80. The van der Waals surface area contributed by atoms with Crippen LogP contribution in [0.25, 0.3) is 34.4 Å². The molecular weight excluding hydrogens is 747 g/mol. The first-order valence-corrected chi connectivity index (χ1v) is 32.1. The van der Waals surface area contributed by atoms with Crippen LogP contribution in [0.2, 0.25) is 22.0 Å². The first-order valence-electron chi connectivity index (χ1n) is 18.1. The van der Waals surface area contributed by atoms with E-state index in [0.717, 1.165) is 0 Å². The molecule has 2 atom stereocenters. The van der Waals surface area contributed by atoms with Gasteiger partial charge in [-0.1, -0.05) is 0 Å². The third-order valence-corrected chi connectivity index (χ3v) is 34.0. The van der Waals surface area contributed by atoms with E-state index in [1.54, 1.807) is 11.1 Å². The Morgan fingerprint density at radius 1 is 0.596 bits per heavy atom. The van der Waals surface area contributed by atoms with Gasteiger partial charge >= 0.3 is 293 Å². The molecule has 47 heavy (non-hydrogen) atoms. The number of benzene rings is 4. The molecule has 0 bridgehead atoms. The van der Waals surface area contributed by atoms with Crippen molar-refractivity contribution in [1.29, 1.82) is 0 Å². The zero-order valence-electron chi connectivity index (χ0n) is 30.5. The van der Waals surface area contributed by atoms with Crippen LogP contribution in [0.5, 0.6) is 0 Å². The molecule has 2 aliphatic carbocycles. The Bertz CT molecular complexity index is 1770. The van der Waals surface area contributed by atoms with Crippen LogP contribution in [-0.4, -0.2) is 8.07 Å². The number of unbranched alkanes of at least 4 members (excludes halogenated alkanes) is 1. The summed E-state index contributed by atoms with van der Waals surface area (Å²) < 4.78 is 6.94. The van der Waals surface area contributed by atoms with Gasteiger partial charge in [0.25, 0.3) is 0 Å². The van der Waals surface area contributed by atoms with Crippen molar-refractivity contribution in [3.63, 3.8) is 0 Å². The molecule has 0 nitrogen and oxygen atoms in total. The second-order valence-corrected chi connectivity index (χ2v) is 39.1. The predicted molar refractivity (Wildman–Crippen MR) is 206 cm³/mol. The zero-order valence-corrected chi connectivity index (χ0v) is 35.1. The van der Waals surface area contributed by atoms with Gasteiger partial charge in [0.15, 0.2) is 0 Å². The Morgan fingerprint density at radius 3 is 1.36 bits per heavy atom. The molecule has 0 N–H and O–H groups in total. The summed E-state index contributed by atoms with van der Waals surface area (Å²) in [6.07, 6.45) is 8.09. The Kier molecular flexibility index (Phi) is 8.08. The first kappa shape index (κ1) is 33.0. The second-order valence-electron chi connectivity index (χ2n) is 17.6. The third kappa shape index (κ3) is 5.32. The first-order chi connectivity index (χ1) is 22.2. The summed E-state index contributed by atoms with van der Waals surface area (Å²) in [6, 6.07) is 34.8. The molecule has 3 aliphatic rings. The van der Waals surface area contributed by atoms with Gasteiger partial charge in [-0.2, -0.15) is 0 Å². The van der Waals surface area contributed by atoms with Crippen molar-refractivity contribution < 1.29 is 20.0 Å². The number of fused-ring (bicyclic) bond motifs is 6. The molecule has 0 amide bonds.